The lowest BCUT2D eigenvalue weighted by Crippen LogP contribution is -2.11. The first-order valence-electron chi connectivity index (χ1n) is 6.87. The lowest BCUT2D eigenvalue weighted by atomic mass is 10.2. The van der Waals surface area contributed by atoms with Crippen LogP contribution in [0.2, 0.25) is 0 Å². The van der Waals surface area contributed by atoms with Crippen molar-refractivity contribution >= 4 is 22.1 Å². The molecule has 0 radical (unpaired) electrons. The zero-order chi connectivity index (χ0) is 17.7. The van der Waals surface area contributed by atoms with Crippen LogP contribution in [0.5, 0.6) is 0 Å². The van der Waals surface area contributed by atoms with Gasteiger partial charge in [-0.25, -0.2) is 18.4 Å². The Morgan fingerprint density at radius 3 is 2.50 bits per heavy atom. The highest BCUT2D eigenvalue weighted by molar-refractivity contribution is 7.89. The highest BCUT2D eigenvalue weighted by Gasteiger charge is 2.12. The van der Waals surface area contributed by atoms with Gasteiger partial charge in [0.15, 0.2) is 0 Å². The zero-order valence-electron chi connectivity index (χ0n) is 12.7. The van der Waals surface area contributed by atoms with E-state index in [1.54, 1.807) is 37.3 Å². The Morgan fingerprint density at radius 1 is 1.29 bits per heavy atom. The van der Waals surface area contributed by atoms with Gasteiger partial charge in [0, 0.05) is 11.6 Å². The fourth-order valence-electron chi connectivity index (χ4n) is 1.88. The first-order valence-corrected chi connectivity index (χ1v) is 8.41. The molecule has 2 N–H and O–H groups in total. The van der Waals surface area contributed by atoms with E-state index >= 15 is 0 Å². The smallest absolute Gasteiger partial charge is 0.349 e. The van der Waals surface area contributed by atoms with Crippen molar-refractivity contribution in [2.75, 3.05) is 6.61 Å². The Labute approximate surface area is 139 Å². The fourth-order valence-corrected chi connectivity index (χ4v) is 2.40. The van der Waals surface area contributed by atoms with E-state index in [-0.39, 0.29) is 17.1 Å². The summed E-state index contributed by atoms with van der Waals surface area (Å²) in [6.45, 7) is 1.81. The van der Waals surface area contributed by atoms with E-state index in [1.165, 1.54) is 18.2 Å². The van der Waals surface area contributed by atoms with Gasteiger partial charge in [0.25, 0.3) is 0 Å². The van der Waals surface area contributed by atoms with E-state index in [0.717, 1.165) is 0 Å². The van der Waals surface area contributed by atoms with Crippen molar-refractivity contribution in [3.8, 4) is 17.4 Å². The molecule has 0 saturated carbocycles. The van der Waals surface area contributed by atoms with E-state index in [1.807, 2.05) is 0 Å². The molecule has 0 aliphatic carbocycles. The highest BCUT2D eigenvalue weighted by atomic mass is 32.2. The normalized spacial score (nSPS) is 11.8. The first kappa shape index (κ1) is 17.5. The van der Waals surface area contributed by atoms with E-state index < -0.39 is 16.0 Å². The summed E-state index contributed by atoms with van der Waals surface area (Å²) in [7, 11) is -3.76. The largest absolute Gasteiger partial charge is 0.462 e. The zero-order valence-corrected chi connectivity index (χ0v) is 13.5. The van der Waals surface area contributed by atoms with Gasteiger partial charge in [0.2, 0.25) is 10.0 Å². The molecule has 0 aliphatic heterocycles. The fraction of sp³-hybridized carbons (Fsp3) is 0.125. The number of nitriles is 1. The van der Waals surface area contributed by atoms with Crippen LogP contribution in [0, 0.1) is 11.3 Å². The Hall–Kier alpha value is -2.89. The molecule has 1 aromatic heterocycles. The van der Waals surface area contributed by atoms with Gasteiger partial charge >= 0.3 is 5.97 Å². The predicted octanol–water partition coefficient (Wildman–Crippen LogP) is 2.06. The maximum Gasteiger partial charge on any atom is 0.349 e. The van der Waals surface area contributed by atoms with Crippen molar-refractivity contribution in [3.05, 3.63) is 47.7 Å². The van der Waals surface area contributed by atoms with Crippen molar-refractivity contribution < 1.29 is 22.4 Å². The van der Waals surface area contributed by atoms with Crippen molar-refractivity contribution in [1.29, 1.82) is 5.26 Å². The van der Waals surface area contributed by atoms with Crippen molar-refractivity contribution in [1.82, 2.24) is 0 Å². The molecular weight excluding hydrogens is 332 g/mol. The third-order valence-corrected chi connectivity index (χ3v) is 3.93. The monoisotopic (exact) mass is 346 g/mol. The van der Waals surface area contributed by atoms with Crippen molar-refractivity contribution in [2.24, 2.45) is 5.14 Å². The highest BCUT2D eigenvalue weighted by Crippen LogP contribution is 2.24. The molecule has 1 heterocycles. The maximum atomic E-state index is 11.6. The number of sulfonamides is 1. The molecular formula is C16H14N2O5S. The summed E-state index contributed by atoms with van der Waals surface area (Å²) in [5, 5.41) is 14.0. The van der Waals surface area contributed by atoms with Gasteiger partial charge in [0.05, 0.1) is 11.5 Å². The summed E-state index contributed by atoms with van der Waals surface area (Å²) < 4.78 is 32.8. The molecule has 0 saturated heterocycles. The minimum Gasteiger partial charge on any atom is -0.462 e. The minimum absolute atomic E-state index is 0.00740. The second-order valence-corrected chi connectivity index (χ2v) is 6.22. The molecule has 0 aliphatic rings. The number of carbonyl (C=O) groups excluding carboxylic acids is 1. The van der Waals surface area contributed by atoms with Crippen LogP contribution < -0.4 is 5.14 Å². The van der Waals surface area contributed by atoms with Crippen molar-refractivity contribution in [2.45, 2.75) is 11.8 Å². The number of primary sulfonamides is 1. The summed E-state index contributed by atoms with van der Waals surface area (Å²) in [5.41, 5.74) is 0.444. The van der Waals surface area contributed by atoms with Crippen LogP contribution in [0.4, 0.5) is 0 Å². The number of carbonyl (C=O) groups is 1. The minimum atomic E-state index is -3.76. The van der Waals surface area contributed by atoms with Crippen LogP contribution in [-0.4, -0.2) is 21.0 Å². The van der Waals surface area contributed by atoms with Crippen molar-refractivity contribution in [3.63, 3.8) is 0 Å². The van der Waals surface area contributed by atoms with Crippen LogP contribution in [0.25, 0.3) is 17.4 Å². The van der Waals surface area contributed by atoms with E-state index in [0.29, 0.717) is 17.1 Å². The summed E-state index contributed by atoms with van der Waals surface area (Å²) in [6.07, 6.45) is 1.28. The number of nitrogens with zero attached hydrogens (tertiary/aromatic N) is 1. The molecule has 24 heavy (non-hydrogen) atoms. The number of nitrogens with two attached hydrogens (primary N) is 1. The number of esters is 1. The Morgan fingerprint density at radius 2 is 1.96 bits per heavy atom. The van der Waals surface area contributed by atoms with Crippen LogP contribution in [-0.2, 0) is 19.6 Å². The number of hydrogen-bond acceptors (Lipinski definition) is 6. The van der Waals surface area contributed by atoms with E-state index in [4.69, 9.17) is 19.6 Å². The van der Waals surface area contributed by atoms with Gasteiger partial charge in [0.1, 0.15) is 23.2 Å². The van der Waals surface area contributed by atoms with Gasteiger partial charge in [-0.2, -0.15) is 5.26 Å². The average molecular weight is 346 g/mol. The molecule has 0 atom stereocenters. The summed E-state index contributed by atoms with van der Waals surface area (Å²) in [6, 6.07) is 10.8. The number of furan rings is 1. The molecule has 8 heteroatoms. The molecule has 0 fully saturated rings. The van der Waals surface area contributed by atoms with E-state index in [2.05, 4.69) is 0 Å². The van der Waals surface area contributed by atoms with Gasteiger partial charge in [-0.1, -0.05) is 0 Å². The van der Waals surface area contributed by atoms with Gasteiger partial charge in [-0.3, -0.25) is 0 Å². The summed E-state index contributed by atoms with van der Waals surface area (Å²) >= 11 is 0. The molecule has 0 amide bonds. The van der Waals surface area contributed by atoms with E-state index in [9.17, 15) is 13.2 Å². The van der Waals surface area contributed by atoms with Gasteiger partial charge in [-0.05, 0) is 43.3 Å². The maximum absolute atomic E-state index is 11.6. The average Bonchev–Trinajstić information content (AvgIpc) is 3.00. The Bertz CT molecular complexity index is 918. The quantitative estimate of drug-likeness (QED) is 0.502. The predicted molar refractivity (Wildman–Crippen MR) is 85.7 cm³/mol. The third kappa shape index (κ3) is 4.10. The third-order valence-electron chi connectivity index (χ3n) is 3.00. The van der Waals surface area contributed by atoms with Crippen LogP contribution in [0.15, 0.2) is 51.3 Å². The molecule has 0 spiro atoms. The summed E-state index contributed by atoms with van der Waals surface area (Å²) in [4.78, 5) is 11.6. The molecule has 2 rings (SSSR count). The van der Waals surface area contributed by atoms with Gasteiger partial charge < -0.3 is 9.15 Å². The lowest BCUT2D eigenvalue weighted by molar-refractivity contribution is -0.137. The molecule has 0 bridgehead atoms. The second kappa shape index (κ2) is 7.12. The molecule has 1 aromatic carbocycles. The SMILES string of the molecule is CCOC(=O)C(C#N)=Cc1ccc(-c2ccc(S(N)(=O)=O)cc2)o1. The topological polar surface area (TPSA) is 123 Å². The Kier molecular flexibility index (Phi) is 5.18. The molecule has 124 valence electrons. The standard InChI is InChI=1S/C16H14N2O5S/c1-2-22-16(19)12(10-17)9-13-5-8-15(23-13)11-3-6-14(7-4-11)24(18,20)21/h3-9H,2H2,1H3,(H2,18,20,21). The first-order chi connectivity index (χ1) is 11.3. The second-order valence-electron chi connectivity index (χ2n) is 4.66. The molecule has 0 unspecified atom stereocenters. The molecule has 7 nitrogen and oxygen atoms in total. The van der Waals surface area contributed by atoms with Crippen LogP contribution in [0.1, 0.15) is 12.7 Å². The van der Waals surface area contributed by atoms with Gasteiger partial charge in [-0.15, -0.1) is 0 Å². The number of benzene rings is 1. The number of hydrogen-bond donors (Lipinski definition) is 1. The number of ether oxygens (including phenoxy) is 1. The lowest BCUT2D eigenvalue weighted by Gasteiger charge is -2.00. The van der Waals surface area contributed by atoms with Crippen LogP contribution >= 0.6 is 0 Å². The van der Waals surface area contributed by atoms with Crippen LogP contribution in [0.3, 0.4) is 0 Å². The Balaban J connectivity index is 2.28. The molecule has 2 aromatic rings. The number of rotatable bonds is 5. The summed E-state index contributed by atoms with van der Waals surface area (Å²) in [5.74, 6) is 0.0175.